The van der Waals surface area contributed by atoms with Crippen LogP contribution in [0, 0.1) is 6.92 Å². The smallest absolute Gasteiger partial charge is 0.242 e. The van der Waals surface area contributed by atoms with Gasteiger partial charge in [0.15, 0.2) is 5.82 Å². The lowest BCUT2D eigenvalue weighted by molar-refractivity contribution is 0.998. The van der Waals surface area contributed by atoms with E-state index in [9.17, 15) is 0 Å². The van der Waals surface area contributed by atoms with Crippen LogP contribution in [0.5, 0.6) is 0 Å². The van der Waals surface area contributed by atoms with Crippen molar-refractivity contribution in [3.63, 3.8) is 0 Å². The van der Waals surface area contributed by atoms with E-state index in [2.05, 4.69) is 15.2 Å². The normalized spacial score (nSPS) is 10.4. The molecule has 4 N–H and O–H groups in total. The predicted molar refractivity (Wildman–Crippen MR) is 63.8 cm³/mol. The number of aromatic nitrogens is 3. The van der Waals surface area contributed by atoms with Gasteiger partial charge in [-0.15, -0.1) is 10.2 Å². The van der Waals surface area contributed by atoms with Crippen molar-refractivity contribution in [3.05, 3.63) is 28.8 Å². The number of anilines is 2. The highest BCUT2D eigenvalue weighted by atomic mass is 35.5. The Labute approximate surface area is 97.5 Å². The van der Waals surface area contributed by atoms with E-state index in [1.807, 2.05) is 19.1 Å². The fourth-order valence-corrected chi connectivity index (χ4v) is 1.66. The van der Waals surface area contributed by atoms with Gasteiger partial charge in [-0.1, -0.05) is 17.7 Å². The molecule has 0 unspecified atom stereocenters. The Morgan fingerprint density at radius 1 is 1.19 bits per heavy atom. The zero-order valence-corrected chi connectivity index (χ0v) is 9.36. The molecule has 1 aromatic carbocycles. The highest BCUT2D eigenvalue weighted by Crippen LogP contribution is 2.27. The van der Waals surface area contributed by atoms with Gasteiger partial charge in [-0.05, 0) is 24.6 Å². The molecule has 82 valence electrons. The van der Waals surface area contributed by atoms with Crippen LogP contribution in [0.2, 0.25) is 5.02 Å². The van der Waals surface area contributed by atoms with E-state index in [4.69, 9.17) is 23.1 Å². The van der Waals surface area contributed by atoms with Gasteiger partial charge in [0, 0.05) is 10.6 Å². The SMILES string of the molecule is Cc1cc(Cl)ccc1-c1nnc(N)nc1N. The Morgan fingerprint density at radius 2 is 1.94 bits per heavy atom. The van der Waals surface area contributed by atoms with E-state index in [1.54, 1.807) is 6.07 Å². The van der Waals surface area contributed by atoms with Crippen LogP contribution in [-0.2, 0) is 0 Å². The second kappa shape index (κ2) is 3.94. The second-order valence-corrected chi connectivity index (χ2v) is 3.80. The molecular weight excluding hydrogens is 226 g/mol. The Balaban J connectivity index is 2.59. The Hall–Kier alpha value is -1.88. The lowest BCUT2D eigenvalue weighted by Crippen LogP contribution is -2.04. The van der Waals surface area contributed by atoms with E-state index in [0.29, 0.717) is 10.7 Å². The van der Waals surface area contributed by atoms with E-state index < -0.39 is 0 Å². The fraction of sp³-hybridized carbons (Fsp3) is 0.100. The van der Waals surface area contributed by atoms with E-state index in [1.165, 1.54) is 0 Å². The Morgan fingerprint density at radius 3 is 2.56 bits per heavy atom. The van der Waals surface area contributed by atoms with Crippen LogP contribution in [0.1, 0.15) is 5.56 Å². The predicted octanol–water partition coefficient (Wildman–Crippen LogP) is 1.66. The minimum Gasteiger partial charge on any atom is -0.382 e. The summed E-state index contributed by atoms with van der Waals surface area (Å²) in [5, 5.41) is 8.28. The second-order valence-electron chi connectivity index (χ2n) is 3.36. The van der Waals surface area contributed by atoms with E-state index in [0.717, 1.165) is 11.1 Å². The van der Waals surface area contributed by atoms with Gasteiger partial charge in [0.2, 0.25) is 5.95 Å². The molecular formula is C10H10ClN5. The van der Waals surface area contributed by atoms with Crippen molar-refractivity contribution in [2.75, 3.05) is 11.5 Å². The number of nitrogens with two attached hydrogens (primary N) is 2. The third kappa shape index (κ3) is 1.90. The molecule has 0 saturated carbocycles. The van der Waals surface area contributed by atoms with Crippen LogP contribution in [0.25, 0.3) is 11.3 Å². The quantitative estimate of drug-likeness (QED) is 0.785. The van der Waals surface area contributed by atoms with Crippen molar-refractivity contribution in [1.29, 1.82) is 0 Å². The Kier molecular flexibility index (Phi) is 2.62. The molecule has 16 heavy (non-hydrogen) atoms. The van der Waals surface area contributed by atoms with Crippen LogP contribution >= 0.6 is 11.6 Å². The number of hydrogen-bond donors (Lipinski definition) is 2. The van der Waals surface area contributed by atoms with Gasteiger partial charge >= 0.3 is 0 Å². The molecule has 0 aliphatic heterocycles. The molecule has 1 aromatic heterocycles. The molecule has 0 aliphatic rings. The molecule has 2 aromatic rings. The Bertz CT molecular complexity index is 491. The standard InChI is InChI=1S/C10H10ClN5/c1-5-4-6(11)2-3-7(5)8-9(12)14-10(13)16-15-8/h2-4H,1H3,(H4,12,13,14,16). The minimum absolute atomic E-state index is 0.0628. The maximum atomic E-state index is 5.87. The van der Waals surface area contributed by atoms with Crippen molar-refractivity contribution in [1.82, 2.24) is 15.2 Å². The van der Waals surface area contributed by atoms with Gasteiger partial charge in [0.05, 0.1) is 0 Å². The summed E-state index contributed by atoms with van der Waals surface area (Å²) < 4.78 is 0. The lowest BCUT2D eigenvalue weighted by atomic mass is 10.1. The molecule has 5 nitrogen and oxygen atoms in total. The average Bonchev–Trinajstić information content (AvgIpc) is 2.19. The summed E-state index contributed by atoms with van der Waals surface area (Å²) in [6.45, 7) is 1.92. The van der Waals surface area contributed by atoms with Crippen molar-refractivity contribution in [3.8, 4) is 11.3 Å². The summed E-state index contributed by atoms with van der Waals surface area (Å²) in [6.07, 6.45) is 0. The highest BCUT2D eigenvalue weighted by molar-refractivity contribution is 6.30. The number of nitrogens with zero attached hydrogens (tertiary/aromatic N) is 3. The topological polar surface area (TPSA) is 90.7 Å². The van der Waals surface area contributed by atoms with Crippen molar-refractivity contribution >= 4 is 23.4 Å². The first kappa shape index (κ1) is 10.6. The first-order chi connectivity index (χ1) is 7.58. The summed E-state index contributed by atoms with van der Waals surface area (Å²) >= 11 is 5.87. The number of rotatable bonds is 1. The fourth-order valence-electron chi connectivity index (χ4n) is 1.44. The molecule has 0 bridgehead atoms. The van der Waals surface area contributed by atoms with Gasteiger partial charge in [-0.3, -0.25) is 0 Å². The minimum atomic E-state index is 0.0628. The maximum absolute atomic E-state index is 5.87. The molecule has 0 fully saturated rings. The molecule has 0 aliphatic carbocycles. The van der Waals surface area contributed by atoms with Crippen LogP contribution in [-0.4, -0.2) is 15.2 Å². The summed E-state index contributed by atoms with van der Waals surface area (Å²) in [5.41, 5.74) is 13.4. The van der Waals surface area contributed by atoms with Crippen molar-refractivity contribution in [2.24, 2.45) is 0 Å². The maximum Gasteiger partial charge on any atom is 0.242 e. The average molecular weight is 236 g/mol. The molecule has 2 rings (SSSR count). The molecule has 0 saturated heterocycles. The van der Waals surface area contributed by atoms with Gasteiger partial charge < -0.3 is 11.5 Å². The van der Waals surface area contributed by atoms with Crippen molar-refractivity contribution in [2.45, 2.75) is 6.92 Å². The van der Waals surface area contributed by atoms with Gasteiger partial charge in [-0.2, -0.15) is 4.98 Å². The summed E-state index contributed by atoms with van der Waals surface area (Å²) in [6, 6.07) is 5.42. The third-order valence-electron chi connectivity index (χ3n) is 2.17. The summed E-state index contributed by atoms with van der Waals surface area (Å²) in [7, 11) is 0. The molecule has 0 spiro atoms. The zero-order valence-electron chi connectivity index (χ0n) is 8.61. The van der Waals surface area contributed by atoms with Crippen LogP contribution in [0.15, 0.2) is 18.2 Å². The largest absolute Gasteiger partial charge is 0.382 e. The van der Waals surface area contributed by atoms with Gasteiger partial charge in [0.1, 0.15) is 5.69 Å². The summed E-state index contributed by atoms with van der Waals surface area (Å²) in [4.78, 5) is 3.86. The molecule has 0 radical (unpaired) electrons. The number of hydrogen-bond acceptors (Lipinski definition) is 5. The monoisotopic (exact) mass is 235 g/mol. The number of nitrogen functional groups attached to an aromatic ring is 2. The molecule has 0 amide bonds. The van der Waals surface area contributed by atoms with E-state index in [-0.39, 0.29) is 11.8 Å². The number of halogens is 1. The lowest BCUT2D eigenvalue weighted by Gasteiger charge is -2.06. The third-order valence-corrected chi connectivity index (χ3v) is 2.41. The van der Waals surface area contributed by atoms with Gasteiger partial charge in [0.25, 0.3) is 0 Å². The van der Waals surface area contributed by atoms with Crippen LogP contribution in [0.4, 0.5) is 11.8 Å². The van der Waals surface area contributed by atoms with Crippen molar-refractivity contribution < 1.29 is 0 Å². The van der Waals surface area contributed by atoms with Crippen LogP contribution < -0.4 is 11.5 Å². The molecule has 6 heteroatoms. The van der Waals surface area contributed by atoms with Crippen LogP contribution in [0.3, 0.4) is 0 Å². The molecule has 0 atom stereocenters. The number of aryl methyl sites for hydroxylation is 1. The zero-order chi connectivity index (χ0) is 11.7. The number of benzene rings is 1. The van der Waals surface area contributed by atoms with Gasteiger partial charge in [-0.25, -0.2) is 0 Å². The first-order valence-corrected chi connectivity index (χ1v) is 4.98. The first-order valence-electron chi connectivity index (χ1n) is 4.60. The molecule has 1 heterocycles. The van der Waals surface area contributed by atoms with E-state index >= 15 is 0 Å². The highest BCUT2D eigenvalue weighted by Gasteiger charge is 2.10. The summed E-state index contributed by atoms with van der Waals surface area (Å²) in [5.74, 6) is 0.325.